The summed E-state index contributed by atoms with van der Waals surface area (Å²) >= 11 is 0. The zero-order valence-electron chi connectivity index (χ0n) is 12.7. The fourth-order valence-corrected chi connectivity index (χ4v) is 3.06. The summed E-state index contributed by atoms with van der Waals surface area (Å²) in [6.07, 6.45) is 8.32. The zero-order chi connectivity index (χ0) is 14.4. The van der Waals surface area contributed by atoms with Gasteiger partial charge in [0, 0.05) is 24.3 Å². The molecule has 3 nitrogen and oxygen atoms in total. The Balaban J connectivity index is 1.95. The van der Waals surface area contributed by atoms with Crippen LogP contribution in [0.1, 0.15) is 51.0 Å². The topological polar surface area (TPSA) is 50.4 Å². The van der Waals surface area contributed by atoms with E-state index >= 15 is 0 Å². The molecule has 1 atom stereocenters. The lowest BCUT2D eigenvalue weighted by Gasteiger charge is -2.24. The highest BCUT2D eigenvalue weighted by Gasteiger charge is 2.18. The number of hydrogen-bond acceptors (Lipinski definition) is 2. The predicted molar refractivity (Wildman–Crippen MR) is 87.4 cm³/mol. The molecule has 0 aliphatic heterocycles. The first-order chi connectivity index (χ1) is 9.70. The molecule has 0 radical (unpaired) electrons. The van der Waals surface area contributed by atoms with Crippen LogP contribution in [-0.2, 0) is 0 Å². The number of hydrogen-bond donors (Lipinski definition) is 2. The van der Waals surface area contributed by atoms with Crippen molar-refractivity contribution in [1.29, 1.82) is 0 Å². The highest BCUT2D eigenvalue weighted by molar-refractivity contribution is 5.97. The summed E-state index contributed by atoms with van der Waals surface area (Å²) in [5.74, 6) is 1.40. The number of anilines is 1. The Hall–Kier alpha value is -1.51. The number of amidine groups is 1. The second kappa shape index (κ2) is 7.32. The third kappa shape index (κ3) is 3.99. The van der Waals surface area contributed by atoms with E-state index in [1.54, 1.807) is 7.05 Å². The van der Waals surface area contributed by atoms with Gasteiger partial charge in [0.25, 0.3) is 0 Å². The maximum atomic E-state index is 5.81. The Bertz CT molecular complexity index is 428. The molecule has 1 aromatic carbocycles. The first-order valence-corrected chi connectivity index (χ1v) is 7.80. The van der Waals surface area contributed by atoms with E-state index < -0.39 is 0 Å². The number of benzene rings is 1. The minimum absolute atomic E-state index is 0.538. The molecule has 0 heterocycles. The molecule has 1 saturated carbocycles. The van der Waals surface area contributed by atoms with Gasteiger partial charge in [0.05, 0.1) is 0 Å². The molecule has 20 heavy (non-hydrogen) atoms. The van der Waals surface area contributed by atoms with Crippen LogP contribution in [0.2, 0.25) is 0 Å². The zero-order valence-corrected chi connectivity index (χ0v) is 12.7. The van der Waals surface area contributed by atoms with Crippen molar-refractivity contribution >= 4 is 11.5 Å². The minimum atomic E-state index is 0.538. The van der Waals surface area contributed by atoms with Gasteiger partial charge >= 0.3 is 0 Å². The van der Waals surface area contributed by atoms with Crippen LogP contribution in [0.15, 0.2) is 29.3 Å². The van der Waals surface area contributed by atoms with Crippen molar-refractivity contribution in [2.45, 2.75) is 51.5 Å². The second-order valence-electron chi connectivity index (χ2n) is 5.87. The van der Waals surface area contributed by atoms with E-state index in [-0.39, 0.29) is 0 Å². The van der Waals surface area contributed by atoms with Crippen LogP contribution in [0.3, 0.4) is 0 Å². The molecule has 1 aliphatic carbocycles. The highest BCUT2D eigenvalue weighted by atomic mass is 14.9. The molecular formula is C17H27N3. The van der Waals surface area contributed by atoms with E-state index in [9.17, 15) is 0 Å². The quantitative estimate of drug-likeness (QED) is 0.498. The Labute approximate surface area is 122 Å². The minimum Gasteiger partial charge on any atom is -0.384 e. The van der Waals surface area contributed by atoms with E-state index in [0.29, 0.717) is 11.9 Å². The molecule has 1 fully saturated rings. The summed E-state index contributed by atoms with van der Waals surface area (Å²) in [5, 5.41) is 3.64. The standard InChI is InChI=1S/C17H27N3/c1-13(14-7-5-3-4-6-8-14)20-16-11-9-15(10-12-16)17(18)19-2/h9-14,20H,3-8H2,1-2H3,(H2,18,19). The average molecular weight is 273 g/mol. The van der Waals surface area contributed by atoms with Gasteiger partial charge in [0.15, 0.2) is 0 Å². The average Bonchev–Trinajstić information content (AvgIpc) is 2.76. The van der Waals surface area contributed by atoms with Crippen molar-refractivity contribution in [3.8, 4) is 0 Å². The SMILES string of the molecule is CN=C(N)c1ccc(NC(C)C2CCCCCC2)cc1. The van der Waals surface area contributed by atoms with Gasteiger partial charge in [-0.1, -0.05) is 25.7 Å². The van der Waals surface area contributed by atoms with Gasteiger partial charge in [-0.05, 0) is 49.9 Å². The predicted octanol–water partition coefficient (Wildman–Crippen LogP) is 3.79. The molecular weight excluding hydrogens is 246 g/mol. The molecule has 3 N–H and O–H groups in total. The van der Waals surface area contributed by atoms with Crippen LogP contribution < -0.4 is 11.1 Å². The van der Waals surface area contributed by atoms with E-state index in [1.165, 1.54) is 44.2 Å². The van der Waals surface area contributed by atoms with E-state index in [4.69, 9.17) is 5.73 Å². The Morgan fingerprint density at radius 3 is 2.30 bits per heavy atom. The van der Waals surface area contributed by atoms with Crippen LogP contribution in [0.5, 0.6) is 0 Å². The van der Waals surface area contributed by atoms with Crippen LogP contribution in [0, 0.1) is 5.92 Å². The maximum Gasteiger partial charge on any atom is 0.125 e. The molecule has 3 heteroatoms. The number of nitrogens with zero attached hydrogens (tertiary/aromatic N) is 1. The Kier molecular flexibility index (Phi) is 5.45. The fourth-order valence-electron chi connectivity index (χ4n) is 3.06. The van der Waals surface area contributed by atoms with Gasteiger partial charge < -0.3 is 11.1 Å². The Morgan fingerprint density at radius 1 is 1.15 bits per heavy atom. The largest absolute Gasteiger partial charge is 0.384 e. The summed E-state index contributed by atoms with van der Waals surface area (Å²) in [7, 11) is 1.72. The maximum absolute atomic E-state index is 5.81. The van der Waals surface area contributed by atoms with Gasteiger partial charge in [0.1, 0.15) is 5.84 Å². The number of rotatable bonds is 4. The van der Waals surface area contributed by atoms with Gasteiger partial charge in [-0.25, -0.2) is 0 Å². The van der Waals surface area contributed by atoms with Crippen molar-refractivity contribution in [2.24, 2.45) is 16.6 Å². The normalized spacial score (nSPS) is 19.4. The monoisotopic (exact) mass is 273 g/mol. The lowest BCUT2D eigenvalue weighted by atomic mass is 9.93. The lowest BCUT2D eigenvalue weighted by molar-refractivity contribution is 0.412. The fraction of sp³-hybridized carbons (Fsp3) is 0.588. The molecule has 110 valence electrons. The van der Waals surface area contributed by atoms with Crippen LogP contribution >= 0.6 is 0 Å². The lowest BCUT2D eigenvalue weighted by Crippen LogP contribution is -2.25. The van der Waals surface area contributed by atoms with Crippen molar-refractivity contribution in [3.63, 3.8) is 0 Å². The number of aliphatic imine (C=N–C) groups is 1. The molecule has 1 unspecified atom stereocenters. The summed E-state index contributed by atoms with van der Waals surface area (Å²) in [5.41, 5.74) is 7.97. The smallest absolute Gasteiger partial charge is 0.125 e. The van der Waals surface area contributed by atoms with Gasteiger partial charge in [-0.3, -0.25) is 4.99 Å². The molecule has 1 aromatic rings. The van der Waals surface area contributed by atoms with Gasteiger partial charge in [-0.15, -0.1) is 0 Å². The van der Waals surface area contributed by atoms with Crippen molar-refractivity contribution < 1.29 is 0 Å². The third-order valence-electron chi connectivity index (χ3n) is 4.42. The van der Waals surface area contributed by atoms with Crippen molar-refractivity contribution in [3.05, 3.63) is 29.8 Å². The summed E-state index contributed by atoms with van der Waals surface area (Å²) in [6, 6.07) is 8.80. The molecule has 2 rings (SSSR count). The molecule has 0 saturated heterocycles. The molecule has 0 amide bonds. The van der Waals surface area contributed by atoms with Crippen LogP contribution in [-0.4, -0.2) is 18.9 Å². The Morgan fingerprint density at radius 2 is 1.75 bits per heavy atom. The molecule has 0 bridgehead atoms. The first-order valence-electron chi connectivity index (χ1n) is 7.80. The summed E-state index contributed by atoms with van der Waals surface area (Å²) in [6.45, 7) is 2.31. The summed E-state index contributed by atoms with van der Waals surface area (Å²) in [4.78, 5) is 4.01. The number of nitrogens with two attached hydrogens (primary N) is 1. The number of nitrogens with one attached hydrogen (secondary N) is 1. The summed E-state index contributed by atoms with van der Waals surface area (Å²) < 4.78 is 0. The van der Waals surface area contributed by atoms with Gasteiger partial charge in [0.2, 0.25) is 0 Å². The highest BCUT2D eigenvalue weighted by Crippen LogP contribution is 2.27. The molecule has 0 aromatic heterocycles. The van der Waals surface area contributed by atoms with E-state index in [1.807, 2.05) is 12.1 Å². The van der Waals surface area contributed by atoms with Crippen LogP contribution in [0.4, 0.5) is 5.69 Å². The molecule has 1 aliphatic rings. The van der Waals surface area contributed by atoms with E-state index in [2.05, 4.69) is 29.4 Å². The van der Waals surface area contributed by atoms with Crippen LogP contribution in [0.25, 0.3) is 0 Å². The molecule has 0 spiro atoms. The van der Waals surface area contributed by atoms with E-state index in [0.717, 1.165) is 11.5 Å². The van der Waals surface area contributed by atoms with Crippen molar-refractivity contribution in [2.75, 3.05) is 12.4 Å². The van der Waals surface area contributed by atoms with Crippen molar-refractivity contribution in [1.82, 2.24) is 0 Å². The van der Waals surface area contributed by atoms with Gasteiger partial charge in [-0.2, -0.15) is 0 Å². The second-order valence-corrected chi connectivity index (χ2v) is 5.87. The third-order valence-corrected chi connectivity index (χ3v) is 4.42. The first kappa shape index (κ1) is 14.9.